The molecule has 116 valence electrons. The lowest BCUT2D eigenvalue weighted by Crippen LogP contribution is -2.38. The van der Waals surface area contributed by atoms with Crippen molar-refractivity contribution in [3.63, 3.8) is 0 Å². The molecule has 9 heteroatoms. The van der Waals surface area contributed by atoms with Gasteiger partial charge in [0.15, 0.2) is 5.82 Å². The molecule has 0 aromatic heterocycles. The summed E-state index contributed by atoms with van der Waals surface area (Å²) in [6.07, 6.45) is 1.38. The van der Waals surface area contributed by atoms with E-state index in [0.717, 1.165) is 6.07 Å². The maximum absolute atomic E-state index is 14.0. The second-order valence-electron chi connectivity index (χ2n) is 5.19. The van der Waals surface area contributed by atoms with Crippen LogP contribution in [0.5, 0.6) is 0 Å². The van der Waals surface area contributed by atoms with Crippen LogP contribution in [-0.4, -0.2) is 30.7 Å². The number of piperidine rings is 1. The Kier molecular flexibility index (Phi) is 4.15. The number of nitrogens with two attached hydrogens (primary N) is 1. The van der Waals surface area contributed by atoms with Crippen LogP contribution in [0.15, 0.2) is 17.0 Å². The zero-order valence-electron chi connectivity index (χ0n) is 11.5. The number of nitrogens with zero attached hydrogens (tertiary/aromatic N) is 2. The Bertz CT molecular complexity index is 646. The van der Waals surface area contributed by atoms with Gasteiger partial charge < -0.3 is 5.73 Å². The number of nitrogen functional groups attached to an aromatic ring is 1. The quantitative estimate of drug-likeness (QED) is 0.519. The number of nitro benzene ring substituents is 1. The summed E-state index contributed by atoms with van der Waals surface area (Å²) in [6.45, 7) is 2.60. The number of hydrogen-bond donors (Lipinski definition) is 1. The number of rotatable bonds is 3. The molecule has 21 heavy (non-hydrogen) atoms. The Morgan fingerprint density at radius 1 is 1.38 bits per heavy atom. The van der Waals surface area contributed by atoms with Gasteiger partial charge in [-0.25, -0.2) is 12.8 Å². The van der Waals surface area contributed by atoms with Crippen LogP contribution in [0.2, 0.25) is 0 Å². The molecule has 0 bridgehead atoms. The number of halogens is 1. The largest absolute Gasteiger partial charge is 0.397 e. The molecule has 1 fully saturated rings. The molecule has 1 aliphatic heterocycles. The summed E-state index contributed by atoms with van der Waals surface area (Å²) in [5, 5.41) is 10.6. The first-order chi connectivity index (χ1) is 9.73. The number of nitro groups is 1. The molecular weight excluding hydrogens is 301 g/mol. The van der Waals surface area contributed by atoms with Gasteiger partial charge in [0.1, 0.15) is 4.90 Å². The lowest BCUT2D eigenvalue weighted by molar-refractivity contribution is -0.385. The van der Waals surface area contributed by atoms with E-state index in [2.05, 4.69) is 0 Å². The lowest BCUT2D eigenvalue weighted by Gasteiger charge is -2.29. The summed E-state index contributed by atoms with van der Waals surface area (Å²) in [5.74, 6) is -0.782. The summed E-state index contributed by atoms with van der Waals surface area (Å²) >= 11 is 0. The molecule has 1 aromatic carbocycles. The van der Waals surface area contributed by atoms with Crippen LogP contribution in [0.25, 0.3) is 0 Å². The van der Waals surface area contributed by atoms with E-state index < -0.39 is 37.0 Å². The summed E-state index contributed by atoms with van der Waals surface area (Å²) in [6, 6.07) is 1.44. The first-order valence-electron chi connectivity index (χ1n) is 6.47. The van der Waals surface area contributed by atoms with E-state index in [9.17, 15) is 22.9 Å². The minimum atomic E-state index is -4.08. The van der Waals surface area contributed by atoms with Gasteiger partial charge in [0, 0.05) is 19.2 Å². The van der Waals surface area contributed by atoms with Crippen molar-refractivity contribution in [3.05, 3.63) is 28.1 Å². The van der Waals surface area contributed by atoms with Crippen LogP contribution in [0.1, 0.15) is 19.8 Å². The van der Waals surface area contributed by atoms with E-state index in [1.807, 2.05) is 6.92 Å². The molecule has 0 radical (unpaired) electrons. The molecule has 7 nitrogen and oxygen atoms in total. The van der Waals surface area contributed by atoms with E-state index in [1.54, 1.807) is 0 Å². The van der Waals surface area contributed by atoms with Gasteiger partial charge in [0.25, 0.3) is 5.69 Å². The molecule has 1 aromatic rings. The number of benzene rings is 1. The highest BCUT2D eigenvalue weighted by Gasteiger charge is 2.33. The van der Waals surface area contributed by atoms with Gasteiger partial charge in [0.2, 0.25) is 10.0 Å². The van der Waals surface area contributed by atoms with Gasteiger partial charge in [-0.05, 0) is 18.8 Å². The highest BCUT2D eigenvalue weighted by molar-refractivity contribution is 7.89. The Balaban J connectivity index is 2.43. The van der Waals surface area contributed by atoms with E-state index in [-0.39, 0.29) is 0 Å². The molecular formula is C12H16FN3O4S. The predicted molar refractivity (Wildman–Crippen MR) is 74.6 cm³/mol. The highest BCUT2D eigenvalue weighted by Crippen LogP contribution is 2.31. The van der Waals surface area contributed by atoms with Gasteiger partial charge in [-0.2, -0.15) is 4.31 Å². The smallest absolute Gasteiger partial charge is 0.274 e. The van der Waals surface area contributed by atoms with Gasteiger partial charge in [-0.1, -0.05) is 6.92 Å². The molecule has 0 unspecified atom stereocenters. The summed E-state index contributed by atoms with van der Waals surface area (Å²) in [7, 11) is -4.08. The van der Waals surface area contributed by atoms with E-state index in [1.165, 1.54) is 4.31 Å². The normalized spacial score (nSPS) is 17.8. The molecule has 2 N–H and O–H groups in total. The average molecular weight is 317 g/mol. The van der Waals surface area contributed by atoms with Crippen molar-refractivity contribution in [1.29, 1.82) is 0 Å². The van der Waals surface area contributed by atoms with Crippen molar-refractivity contribution in [2.24, 2.45) is 5.92 Å². The third kappa shape index (κ3) is 2.98. The van der Waals surface area contributed by atoms with Crippen LogP contribution in [-0.2, 0) is 10.0 Å². The first kappa shape index (κ1) is 15.6. The predicted octanol–water partition coefficient (Wildman–Crippen LogP) is 1.74. The van der Waals surface area contributed by atoms with Gasteiger partial charge in [0.05, 0.1) is 16.7 Å². The number of sulfonamides is 1. The monoisotopic (exact) mass is 317 g/mol. The molecule has 0 aliphatic carbocycles. The van der Waals surface area contributed by atoms with E-state index in [0.29, 0.717) is 37.9 Å². The summed E-state index contributed by atoms with van der Waals surface area (Å²) in [4.78, 5) is 9.13. The van der Waals surface area contributed by atoms with Crippen LogP contribution in [0.3, 0.4) is 0 Å². The minimum Gasteiger partial charge on any atom is -0.397 e. The van der Waals surface area contributed by atoms with Gasteiger partial charge in [-0.3, -0.25) is 10.1 Å². The maximum atomic E-state index is 14.0. The zero-order valence-corrected chi connectivity index (χ0v) is 12.3. The fourth-order valence-corrected chi connectivity index (χ4v) is 3.94. The molecule has 2 rings (SSSR count). The number of hydrogen-bond acceptors (Lipinski definition) is 5. The molecule has 0 atom stereocenters. The third-order valence-corrected chi connectivity index (χ3v) is 5.60. The van der Waals surface area contributed by atoms with Gasteiger partial charge in [-0.15, -0.1) is 0 Å². The van der Waals surface area contributed by atoms with Crippen LogP contribution < -0.4 is 5.73 Å². The Hall–Kier alpha value is -1.74. The minimum absolute atomic E-state index is 0.291. The molecule has 0 amide bonds. The van der Waals surface area contributed by atoms with E-state index in [4.69, 9.17) is 5.73 Å². The Morgan fingerprint density at radius 2 is 1.95 bits per heavy atom. The van der Waals surface area contributed by atoms with Crippen molar-refractivity contribution in [3.8, 4) is 0 Å². The van der Waals surface area contributed by atoms with Crippen LogP contribution >= 0.6 is 0 Å². The van der Waals surface area contributed by atoms with Crippen molar-refractivity contribution >= 4 is 21.4 Å². The van der Waals surface area contributed by atoms with E-state index >= 15 is 0 Å². The zero-order chi connectivity index (χ0) is 15.8. The van der Waals surface area contributed by atoms with Crippen LogP contribution in [0, 0.1) is 21.8 Å². The average Bonchev–Trinajstić information content (AvgIpc) is 2.37. The summed E-state index contributed by atoms with van der Waals surface area (Å²) in [5.41, 5.74) is 4.51. The standard InChI is InChI=1S/C12H16FN3O4S/c1-8-2-4-15(5-3-8)21(19,20)12-10(13)6-9(16(17)18)7-11(12)14/h6-8H,2-5,14H2,1H3. The van der Waals surface area contributed by atoms with Crippen molar-refractivity contribution < 1.29 is 17.7 Å². The topological polar surface area (TPSA) is 107 Å². The second-order valence-corrected chi connectivity index (χ2v) is 7.06. The van der Waals surface area contributed by atoms with Crippen molar-refractivity contribution in [2.45, 2.75) is 24.7 Å². The lowest BCUT2D eigenvalue weighted by atomic mass is 10.0. The Morgan fingerprint density at radius 3 is 2.43 bits per heavy atom. The first-order valence-corrected chi connectivity index (χ1v) is 7.91. The summed E-state index contributed by atoms with van der Waals surface area (Å²) < 4.78 is 40.1. The Labute approximate surface area is 121 Å². The molecule has 0 spiro atoms. The molecule has 1 heterocycles. The third-order valence-electron chi connectivity index (χ3n) is 3.61. The molecule has 1 aliphatic rings. The fraction of sp³-hybridized carbons (Fsp3) is 0.500. The van der Waals surface area contributed by atoms with Crippen molar-refractivity contribution in [2.75, 3.05) is 18.8 Å². The molecule has 1 saturated heterocycles. The maximum Gasteiger partial charge on any atom is 0.274 e. The number of anilines is 1. The second kappa shape index (κ2) is 5.57. The van der Waals surface area contributed by atoms with Crippen molar-refractivity contribution in [1.82, 2.24) is 4.31 Å². The fourth-order valence-electron chi connectivity index (χ4n) is 2.33. The SMILES string of the molecule is CC1CCN(S(=O)(=O)c2c(N)cc([N+](=O)[O-])cc2F)CC1. The number of non-ortho nitro benzene ring substituents is 1. The van der Waals surface area contributed by atoms with Crippen LogP contribution in [0.4, 0.5) is 15.8 Å². The molecule has 0 saturated carbocycles. The van der Waals surface area contributed by atoms with Gasteiger partial charge >= 0.3 is 0 Å². The highest BCUT2D eigenvalue weighted by atomic mass is 32.2.